The first-order valence-electron chi connectivity index (χ1n) is 22.8. The third-order valence-electron chi connectivity index (χ3n) is 12.7. The van der Waals surface area contributed by atoms with Crippen LogP contribution in [-0.4, -0.2) is 71.1 Å². The van der Waals surface area contributed by atoms with E-state index in [0.29, 0.717) is 17.9 Å². The Hall–Kier alpha value is -2.90. The normalized spacial score (nSPS) is 23.9. The van der Waals surface area contributed by atoms with Crippen LogP contribution in [0.1, 0.15) is 114 Å². The third kappa shape index (κ3) is 10.7. The molecule has 9 nitrogen and oxygen atoms in total. The Balaban J connectivity index is 1.62. The fraction of sp³-hybridized carbons (Fsp3) is 0.630. The topological polar surface area (TPSA) is 108 Å². The fourth-order valence-electron chi connectivity index (χ4n) is 6.41. The van der Waals surface area contributed by atoms with Gasteiger partial charge in [0, 0.05) is 32.4 Å². The van der Waals surface area contributed by atoms with Gasteiger partial charge in [0.1, 0.15) is 29.7 Å². The van der Waals surface area contributed by atoms with Crippen molar-refractivity contribution in [3.63, 3.8) is 0 Å². The number of aromatic nitrogens is 2. The summed E-state index contributed by atoms with van der Waals surface area (Å²) in [5.41, 5.74) is 0.686. The molecule has 0 saturated heterocycles. The second-order valence-corrected chi connectivity index (χ2v) is 36.6. The number of allylic oxidation sites excluding steroid dienone is 2. The summed E-state index contributed by atoms with van der Waals surface area (Å²) < 4.78 is 65.9. The third-order valence-corrected chi connectivity index (χ3v) is 22.9. The highest BCUT2D eigenvalue weighted by atomic mass is 28.4. The largest absolute Gasteiger partial charge is 0.414 e. The summed E-state index contributed by atoms with van der Waals surface area (Å²) in [6, 6.07) is 8.82. The summed E-state index contributed by atoms with van der Waals surface area (Å²) in [7, 11) is -6.82. The first-order chi connectivity index (χ1) is 28.1. The molecule has 1 aromatic carbocycles. The molecule has 1 aliphatic carbocycles. The zero-order valence-corrected chi connectivity index (χ0v) is 41.0. The van der Waals surface area contributed by atoms with Crippen LogP contribution < -0.4 is 5.32 Å². The van der Waals surface area contributed by atoms with Crippen LogP contribution in [0.25, 0.3) is 11.1 Å². The van der Waals surface area contributed by atoms with Crippen LogP contribution in [0.4, 0.5) is 5.69 Å². The van der Waals surface area contributed by atoms with E-state index >= 15 is 0 Å². The van der Waals surface area contributed by atoms with Crippen LogP contribution in [0, 0.1) is 16.7 Å². The van der Waals surface area contributed by atoms with Crippen molar-refractivity contribution in [1.82, 2.24) is 9.55 Å². The maximum absolute atomic E-state index is 14.1. The lowest BCUT2D eigenvalue weighted by Gasteiger charge is -2.44. The van der Waals surface area contributed by atoms with Crippen LogP contribution >= 0.6 is 0 Å². The van der Waals surface area contributed by atoms with Crippen molar-refractivity contribution in [2.24, 2.45) is 5.41 Å². The number of carbonyl (C=O) groups excluding carboxylic acids is 1. The van der Waals surface area contributed by atoms with Gasteiger partial charge in [-0.15, -0.1) is 0 Å². The van der Waals surface area contributed by atoms with E-state index in [-0.39, 0.29) is 40.2 Å². The van der Waals surface area contributed by atoms with Crippen molar-refractivity contribution in [3.8, 4) is 6.07 Å². The molecular weight excluding hydrogens is 773 g/mol. The van der Waals surface area contributed by atoms with Crippen molar-refractivity contribution in [3.05, 3.63) is 71.3 Å². The zero-order valence-electron chi connectivity index (χ0n) is 42.0. The second kappa shape index (κ2) is 16.5. The maximum Gasteiger partial charge on any atom is 0.291 e. The number of benzene rings is 1. The summed E-state index contributed by atoms with van der Waals surface area (Å²) in [5.74, 6) is -0.418. The van der Waals surface area contributed by atoms with Gasteiger partial charge in [0.2, 0.25) is 5.82 Å². The van der Waals surface area contributed by atoms with Crippen LogP contribution in [0.15, 0.2) is 48.7 Å². The zero-order chi connectivity index (χ0) is 46.8. The Morgan fingerprint density at radius 1 is 1.00 bits per heavy atom. The molecule has 318 valence electrons. The number of amides is 1. The molecule has 2 aromatic rings. The van der Waals surface area contributed by atoms with Gasteiger partial charge in [0.05, 0.1) is 24.8 Å². The SMILES string of the molecule is [2H]C([2H])(O[Si](C)(C)C(C)(C)C)C12C=CC(C([2H])([2H])O[Si](C)(C)C(C)(C)C)(CC(c3ccc(NC(=O)c4ncc(C#N)n4COCC[Si](C)(C)C)c(C4=CCC(C)(C)CC4)c3)=C1)O2. The van der Waals surface area contributed by atoms with E-state index in [2.05, 4.69) is 97.5 Å². The molecule has 1 aromatic heterocycles. The highest BCUT2D eigenvalue weighted by Gasteiger charge is 2.51. The van der Waals surface area contributed by atoms with E-state index in [1.54, 1.807) is 18.2 Å². The minimum atomic E-state index is -2.74. The number of nitriles is 1. The lowest BCUT2D eigenvalue weighted by Crippen LogP contribution is -2.51. The summed E-state index contributed by atoms with van der Waals surface area (Å²) in [5, 5.41) is 12.4. The summed E-state index contributed by atoms with van der Waals surface area (Å²) in [6.45, 7) is 27.4. The van der Waals surface area contributed by atoms with E-state index in [0.717, 1.165) is 42.0 Å². The van der Waals surface area contributed by atoms with E-state index in [1.165, 1.54) is 10.8 Å². The van der Waals surface area contributed by atoms with Gasteiger partial charge >= 0.3 is 0 Å². The number of nitrogens with one attached hydrogen (secondary N) is 1. The number of anilines is 1. The van der Waals surface area contributed by atoms with Gasteiger partial charge in [0.15, 0.2) is 16.6 Å². The number of hydrogen-bond acceptors (Lipinski definition) is 7. The van der Waals surface area contributed by atoms with Gasteiger partial charge in [-0.3, -0.25) is 9.36 Å². The quantitative estimate of drug-likeness (QED) is 0.108. The molecule has 5 rings (SSSR count). The van der Waals surface area contributed by atoms with Crippen LogP contribution in [0.2, 0.25) is 61.9 Å². The average Bonchev–Trinajstić information content (AvgIpc) is 3.67. The maximum atomic E-state index is 14.1. The van der Waals surface area contributed by atoms with Crippen molar-refractivity contribution >= 4 is 47.4 Å². The molecule has 0 radical (unpaired) electrons. The summed E-state index contributed by atoms with van der Waals surface area (Å²) in [4.78, 5) is 18.5. The van der Waals surface area contributed by atoms with Crippen LogP contribution in [0.3, 0.4) is 0 Å². The average molecular weight is 849 g/mol. The Bertz CT molecular complexity index is 2170. The van der Waals surface area contributed by atoms with E-state index < -0.39 is 54.9 Å². The number of carbonyl (C=O) groups is 1. The van der Waals surface area contributed by atoms with Crippen LogP contribution in [0.5, 0.6) is 0 Å². The predicted molar refractivity (Wildman–Crippen MR) is 246 cm³/mol. The Morgan fingerprint density at radius 3 is 2.24 bits per heavy atom. The Labute approximate surface area is 358 Å². The monoisotopic (exact) mass is 849 g/mol. The van der Waals surface area contributed by atoms with Gasteiger partial charge in [-0.25, -0.2) is 4.98 Å². The lowest BCUT2D eigenvalue weighted by atomic mass is 9.76. The predicted octanol–water partition coefficient (Wildman–Crippen LogP) is 11.8. The molecule has 2 unspecified atom stereocenters. The number of imidazole rings is 1. The van der Waals surface area contributed by atoms with Crippen molar-refractivity contribution in [1.29, 1.82) is 5.26 Å². The Kier molecular flexibility index (Phi) is 11.5. The number of fused-ring (bicyclic) bond motifs is 2. The number of hydrogen-bond donors (Lipinski definition) is 1. The molecule has 3 heterocycles. The summed E-state index contributed by atoms with van der Waals surface area (Å²) >= 11 is 0. The molecule has 0 fully saturated rings. The minimum absolute atomic E-state index is 0.0230. The van der Waals surface area contributed by atoms with E-state index in [9.17, 15) is 15.5 Å². The van der Waals surface area contributed by atoms with Gasteiger partial charge in [-0.1, -0.05) is 93.2 Å². The standard InChI is InChI=1S/C46H72N4O5Si3/c1-42(2,3)57(12,13)53-31-45-22-23-46(55-45,32-54-58(14,15)43(4,5)6)28-36(27-45)35-16-17-39(38(26-35)34-18-20-44(7,8)21-19-34)49-41(51)40-48-30-37(29-47)50(40)33-52-24-25-56(9,10)11/h16-18,22-23,26-27,30H,19-21,24-25,28,31-33H2,1-15H3,(H,49,51)/i31D2,32D2. The molecule has 2 aliphatic heterocycles. The molecule has 2 bridgehead atoms. The molecule has 58 heavy (non-hydrogen) atoms. The smallest absolute Gasteiger partial charge is 0.291 e. The number of nitrogens with zero attached hydrogens (tertiary/aromatic N) is 3. The van der Waals surface area contributed by atoms with E-state index in [4.69, 9.17) is 18.3 Å². The van der Waals surface area contributed by atoms with E-state index in [1.807, 2.05) is 44.4 Å². The molecule has 0 saturated carbocycles. The molecule has 0 spiro atoms. The molecule has 1 amide bonds. The van der Waals surface area contributed by atoms with Gasteiger partial charge in [-0.05, 0) is 108 Å². The first-order valence-corrected chi connectivity index (χ1v) is 30.3. The van der Waals surface area contributed by atoms with Gasteiger partial charge in [0.25, 0.3) is 5.91 Å². The van der Waals surface area contributed by atoms with Crippen molar-refractivity contribution in [2.75, 3.05) is 25.0 Å². The van der Waals surface area contributed by atoms with Crippen molar-refractivity contribution < 1.29 is 28.6 Å². The summed E-state index contributed by atoms with van der Waals surface area (Å²) in [6.07, 6.45) is 11.3. The highest BCUT2D eigenvalue weighted by molar-refractivity contribution is 6.76. The van der Waals surface area contributed by atoms with Crippen molar-refractivity contribution in [2.45, 2.75) is 161 Å². The Morgan fingerprint density at radius 2 is 1.66 bits per heavy atom. The van der Waals surface area contributed by atoms with Gasteiger partial charge < -0.3 is 23.6 Å². The first kappa shape index (κ1) is 40.5. The fourth-order valence-corrected chi connectivity index (χ4v) is 8.62. The van der Waals surface area contributed by atoms with Crippen LogP contribution in [-0.2, 0) is 25.1 Å². The number of ether oxygens (including phenoxy) is 2. The molecule has 12 heteroatoms. The molecular formula is C46H72N4O5Si3. The number of rotatable bonds is 15. The lowest BCUT2D eigenvalue weighted by molar-refractivity contribution is -0.105. The molecule has 3 aliphatic rings. The molecule has 2 atom stereocenters. The second-order valence-electron chi connectivity index (χ2n) is 21.6. The highest BCUT2D eigenvalue weighted by Crippen LogP contribution is 2.49. The van der Waals surface area contributed by atoms with Gasteiger partial charge in [-0.2, -0.15) is 5.26 Å². The minimum Gasteiger partial charge on any atom is -0.414 e. The molecule has 1 N–H and O–H groups in total.